The zero-order valence-corrected chi connectivity index (χ0v) is 10.4. The van der Waals surface area contributed by atoms with Crippen LogP contribution in [0, 0.1) is 0 Å². The van der Waals surface area contributed by atoms with Gasteiger partial charge in [-0.1, -0.05) is 12.1 Å². The third kappa shape index (κ3) is 2.11. The monoisotopic (exact) mass is 260 g/mol. The van der Waals surface area contributed by atoms with Crippen LogP contribution in [0.1, 0.15) is 15.5 Å². The number of hydrogen-bond donors (Lipinski definition) is 0. The molecule has 2 heterocycles. The number of ketones is 1. The molecule has 0 aliphatic carbocycles. The average Bonchev–Trinajstić information content (AvgIpc) is 2.97. The SMILES string of the molecule is O=C(Cc1nc2ccccc2s1)c1cscn1. The van der Waals surface area contributed by atoms with Crippen LogP contribution in [0.15, 0.2) is 35.2 Å². The van der Waals surface area contributed by atoms with Gasteiger partial charge in [-0.2, -0.15) is 0 Å². The van der Waals surface area contributed by atoms with Gasteiger partial charge < -0.3 is 0 Å². The number of aromatic nitrogens is 2. The van der Waals surface area contributed by atoms with Crippen LogP contribution in [0.25, 0.3) is 10.2 Å². The van der Waals surface area contributed by atoms with Gasteiger partial charge in [-0.15, -0.1) is 22.7 Å². The van der Waals surface area contributed by atoms with Crippen LogP contribution in [-0.4, -0.2) is 15.8 Å². The minimum atomic E-state index is 0.0327. The van der Waals surface area contributed by atoms with Gasteiger partial charge in [0.1, 0.15) is 10.7 Å². The Kier molecular flexibility index (Phi) is 2.70. The number of para-hydroxylation sites is 1. The van der Waals surface area contributed by atoms with Crippen molar-refractivity contribution in [3.63, 3.8) is 0 Å². The number of carbonyl (C=O) groups excluding carboxylic acids is 1. The Bertz CT molecular complexity index is 625. The molecule has 0 atom stereocenters. The number of fused-ring (bicyclic) bond motifs is 1. The standard InChI is InChI=1S/C12H8N2OS2/c15-10(9-6-16-7-13-9)5-12-14-8-3-1-2-4-11(8)17-12/h1-4,6-7H,5H2. The molecule has 5 heteroatoms. The number of benzene rings is 1. The summed E-state index contributed by atoms with van der Waals surface area (Å²) in [6.07, 6.45) is 0.336. The fraction of sp³-hybridized carbons (Fsp3) is 0.0833. The van der Waals surface area contributed by atoms with E-state index in [0.717, 1.165) is 15.2 Å². The van der Waals surface area contributed by atoms with Crippen molar-refractivity contribution in [2.45, 2.75) is 6.42 Å². The third-order valence-corrected chi connectivity index (χ3v) is 3.99. The minimum Gasteiger partial charge on any atom is -0.292 e. The van der Waals surface area contributed by atoms with Crippen LogP contribution in [0.3, 0.4) is 0 Å². The Morgan fingerprint density at radius 2 is 2.18 bits per heavy atom. The second-order valence-electron chi connectivity index (χ2n) is 3.55. The number of carbonyl (C=O) groups is 1. The smallest absolute Gasteiger partial charge is 0.188 e. The number of Topliss-reactive ketones (excluding diaryl/α,β-unsaturated/α-hetero) is 1. The van der Waals surface area contributed by atoms with Crippen LogP contribution in [-0.2, 0) is 6.42 Å². The molecule has 2 aromatic heterocycles. The largest absolute Gasteiger partial charge is 0.292 e. The first-order valence-corrected chi connectivity index (χ1v) is 6.85. The molecular formula is C12H8N2OS2. The Balaban J connectivity index is 1.88. The lowest BCUT2D eigenvalue weighted by atomic mass is 10.2. The van der Waals surface area contributed by atoms with E-state index in [2.05, 4.69) is 9.97 Å². The molecule has 17 heavy (non-hydrogen) atoms. The molecule has 3 nitrogen and oxygen atoms in total. The normalized spacial score (nSPS) is 10.8. The van der Waals surface area contributed by atoms with Crippen LogP contribution in [0.2, 0.25) is 0 Å². The van der Waals surface area contributed by atoms with E-state index in [4.69, 9.17) is 0 Å². The van der Waals surface area contributed by atoms with Gasteiger partial charge in [-0.3, -0.25) is 4.79 Å². The zero-order chi connectivity index (χ0) is 11.7. The van der Waals surface area contributed by atoms with Crippen molar-refractivity contribution >= 4 is 38.7 Å². The Morgan fingerprint density at radius 3 is 2.94 bits per heavy atom. The van der Waals surface area contributed by atoms with Gasteiger partial charge in [0.25, 0.3) is 0 Å². The summed E-state index contributed by atoms with van der Waals surface area (Å²) in [5, 5.41) is 2.62. The van der Waals surface area contributed by atoms with Crippen molar-refractivity contribution in [2.24, 2.45) is 0 Å². The highest BCUT2D eigenvalue weighted by molar-refractivity contribution is 7.18. The zero-order valence-electron chi connectivity index (χ0n) is 8.79. The van der Waals surface area contributed by atoms with E-state index in [-0.39, 0.29) is 5.78 Å². The summed E-state index contributed by atoms with van der Waals surface area (Å²) in [4.78, 5) is 20.3. The van der Waals surface area contributed by atoms with Gasteiger partial charge in [0.2, 0.25) is 0 Å². The molecule has 84 valence electrons. The second kappa shape index (κ2) is 4.35. The highest BCUT2D eigenvalue weighted by atomic mass is 32.1. The van der Waals surface area contributed by atoms with Crippen molar-refractivity contribution in [2.75, 3.05) is 0 Å². The molecule has 1 aromatic carbocycles. The maximum atomic E-state index is 11.9. The van der Waals surface area contributed by atoms with Crippen molar-refractivity contribution in [3.8, 4) is 0 Å². The van der Waals surface area contributed by atoms with Gasteiger partial charge in [-0.25, -0.2) is 9.97 Å². The van der Waals surface area contributed by atoms with E-state index in [1.54, 1.807) is 22.2 Å². The molecule has 3 rings (SSSR count). The predicted octanol–water partition coefficient (Wildman–Crippen LogP) is 3.18. The van der Waals surface area contributed by atoms with E-state index < -0.39 is 0 Å². The van der Waals surface area contributed by atoms with Crippen LogP contribution in [0.4, 0.5) is 0 Å². The Labute approximate surface area is 106 Å². The molecule has 0 saturated carbocycles. The topological polar surface area (TPSA) is 42.9 Å². The first-order valence-electron chi connectivity index (χ1n) is 5.09. The molecule has 0 bridgehead atoms. The highest BCUT2D eigenvalue weighted by Crippen LogP contribution is 2.22. The predicted molar refractivity (Wildman–Crippen MR) is 69.8 cm³/mol. The Hall–Kier alpha value is -1.59. The molecular weight excluding hydrogens is 252 g/mol. The molecule has 0 aliphatic rings. The maximum Gasteiger partial charge on any atom is 0.188 e. The van der Waals surface area contributed by atoms with Crippen LogP contribution in [0.5, 0.6) is 0 Å². The Morgan fingerprint density at radius 1 is 1.29 bits per heavy atom. The molecule has 3 aromatic rings. The van der Waals surface area contributed by atoms with E-state index in [1.165, 1.54) is 11.3 Å². The van der Waals surface area contributed by atoms with Gasteiger partial charge in [0.15, 0.2) is 5.78 Å². The number of rotatable bonds is 3. The fourth-order valence-corrected chi connectivity index (χ4v) is 3.10. The van der Waals surface area contributed by atoms with Crippen molar-refractivity contribution in [3.05, 3.63) is 45.9 Å². The number of nitrogens with zero attached hydrogens (tertiary/aromatic N) is 2. The summed E-state index contributed by atoms with van der Waals surface area (Å²) < 4.78 is 1.12. The van der Waals surface area contributed by atoms with Crippen molar-refractivity contribution in [1.82, 2.24) is 9.97 Å². The molecule has 0 amide bonds. The van der Waals surface area contributed by atoms with Gasteiger partial charge in [0.05, 0.1) is 22.1 Å². The lowest BCUT2D eigenvalue weighted by Gasteiger charge is -1.91. The molecule has 0 fully saturated rings. The lowest BCUT2D eigenvalue weighted by molar-refractivity contribution is 0.0989. The first-order chi connectivity index (χ1) is 8.33. The molecule has 0 unspecified atom stereocenters. The number of hydrogen-bond acceptors (Lipinski definition) is 5. The molecule has 0 radical (unpaired) electrons. The highest BCUT2D eigenvalue weighted by Gasteiger charge is 2.12. The molecule has 0 spiro atoms. The summed E-state index contributed by atoms with van der Waals surface area (Å²) in [5.41, 5.74) is 3.17. The average molecular weight is 260 g/mol. The quantitative estimate of drug-likeness (QED) is 0.679. The summed E-state index contributed by atoms with van der Waals surface area (Å²) >= 11 is 3.00. The second-order valence-corrected chi connectivity index (χ2v) is 5.38. The summed E-state index contributed by atoms with van der Waals surface area (Å²) in [6, 6.07) is 7.91. The maximum absolute atomic E-state index is 11.9. The summed E-state index contributed by atoms with van der Waals surface area (Å²) in [5.74, 6) is 0.0327. The van der Waals surface area contributed by atoms with E-state index in [9.17, 15) is 4.79 Å². The summed E-state index contributed by atoms with van der Waals surface area (Å²) in [7, 11) is 0. The lowest BCUT2D eigenvalue weighted by Crippen LogP contribution is -2.03. The van der Waals surface area contributed by atoms with Crippen molar-refractivity contribution < 1.29 is 4.79 Å². The summed E-state index contributed by atoms with van der Waals surface area (Å²) in [6.45, 7) is 0. The van der Waals surface area contributed by atoms with Gasteiger partial charge in [-0.05, 0) is 12.1 Å². The van der Waals surface area contributed by atoms with Gasteiger partial charge >= 0.3 is 0 Å². The van der Waals surface area contributed by atoms with Gasteiger partial charge in [0, 0.05) is 5.38 Å². The molecule has 0 aliphatic heterocycles. The first kappa shape index (κ1) is 10.6. The molecule has 0 saturated heterocycles. The number of thiazole rings is 2. The van der Waals surface area contributed by atoms with Crippen LogP contribution >= 0.6 is 22.7 Å². The van der Waals surface area contributed by atoms with E-state index >= 15 is 0 Å². The van der Waals surface area contributed by atoms with E-state index in [0.29, 0.717) is 12.1 Å². The third-order valence-electron chi connectivity index (χ3n) is 2.37. The van der Waals surface area contributed by atoms with Crippen molar-refractivity contribution in [1.29, 1.82) is 0 Å². The van der Waals surface area contributed by atoms with E-state index in [1.807, 2.05) is 24.3 Å². The minimum absolute atomic E-state index is 0.0327. The molecule has 0 N–H and O–H groups in total. The fourth-order valence-electron chi connectivity index (χ4n) is 1.57. The van der Waals surface area contributed by atoms with Crippen LogP contribution < -0.4 is 0 Å².